The Kier molecular flexibility index (Phi) is 1.89. The fraction of sp³-hybridized carbons (Fsp3) is 0.0476. The number of aromatic nitrogens is 2. The Morgan fingerprint density at radius 1 is 0.800 bits per heavy atom. The zero-order chi connectivity index (χ0) is 16.3. The van der Waals surface area contributed by atoms with Crippen molar-refractivity contribution in [2.75, 3.05) is 0 Å². The van der Waals surface area contributed by atoms with Crippen LogP contribution in [0.5, 0.6) is 0 Å². The van der Waals surface area contributed by atoms with Gasteiger partial charge in [0.1, 0.15) is 0 Å². The minimum Gasteiger partial charge on any atom is -0.462 e. The summed E-state index contributed by atoms with van der Waals surface area (Å²) in [7, 11) is 2.16. The lowest BCUT2D eigenvalue weighted by molar-refractivity contribution is 0.619. The summed E-state index contributed by atoms with van der Waals surface area (Å²) >= 11 is 1.76. The number of hydrogen-bond acceptors (Lipinski definition) is 2. The first kappa shape index (κ1) is 12.4. The molecule has 118 valence electrons. The molecule has 2 aromatic carbocycles. The van der Waals surface area contributed by atoms with Gasteiger partial charge in [-0.15, -0.1) is 11.3 Å². The fourth-order valence-electron chi connectivity index (χ4n) is 4.67. The second-order valence-corrected chi connectivity index (χ2v) is 7.50. The van der Waals surface area contributed by atoms with Crippen molar-refractivity contribution in [2.45, 2.75) is 0 Å². The van der Waals surface area contributed by atoms with Crippen molar-refractivity contribution in [3.8, 4) is 0 Å². The van der Waals surface area contributed by atoms with Crippen LogP contribution in [0.2, 0.25) is 0 Å². The highest BCUT2D eigenvalue weighted by Gasteiger charge is 2.22. The van der Waals surface area contributed by atoms with Crippen molar-refractivity contribution in [3.63, 3.8) is 0 Å². The smallest absolute Gasteiger partial charge is 0.159 e. The van der Waals surface area contributed by atoms with E-state index in [1.807, 2.05) is 0 Å². The summed E-state index contributed by atoms with van der Waals surface area (Å²) in [5, 5.41) is 11.0. The minimum atomic E-state index is 0.977. The van der Waals surface area contributed by atoms with Crippen LogP contribution in [-0.2, 0) is 7.05 Å². The monoisotopic (exact) mass is 340 g/mol. The molecule has 0 unspecified atom stereocenters. The number of fused-ring (bicyclic) bond motifs is 6. The van der Waals surface area contributed by atoms with E-state index in [1.54, 1.807) is 17.6 Å². The molecule has 0 bridgehead atoms. The van der Waals surface area contributed by atoms with E-state index in [4.69, 9.17) is 4.42 Å². The molecule has 4 heteroatoms. The molecule has 5 heterocycles. The van der Waals surface area contributed by atoms with E-state index in [1.165, 1.54) is 49.0 Å². The van der Waals surface area contributed by atoms with Gasteiger partial charge in [-0.1, -0.05) is 12.1 Å². The van der Waals surface area contributed by atoms with Crippen LogP contribution in [-0.4, -0.2) is 8.97 Å². The Hall–Kier alpha value is -2.98. The van der Waals surface area contributed by atoms with E-state index in [-0.39, 0.29) is 0 Å². The van der Waals surface area contributed by atoms with E-state index in [0.29, 0.717) is 0 Å². The van der Waals surface area contributed by atoms with Crippen LogP contribution in [0.15, 0.2) is 57.8 Å². The van der Waals surface area contributed by atoms with Gasteiger partial charge in [-0.3, -0.25) is 0 Å². The molecule has 0 spiro atoms. The lowest BCUT2D eigenvalue weighted by Gasteiger charge is -2.00. The summed E-state index contributed by atoms with van der Waals surface area (Å²) in [6.07, 6.45) is 1.79. The Bertz CT molecular complexity index is 1600. The Balaban J connectivity index is 2.10. The average Bonchev–Trinajstić information content (AvgIpc) is 3.36. The lowest BCUT2D eigenvalue weighted by Crippen LogP contribution is -1.87. The van der Waals surface area contributed by atoms with Gasteiger partial charge in [0.2, 0.25) is 0 Å². The van der Waals surface area contributed by atoms with Crippen LogP contribution in [0.1, 0.15) is 0 Å². The number of nitrogens with zero attached hydrogens (tertiary/aromatic N) is 2. The summed E-state index contributed by atoms with van der Waals surface area (Å²) in [5.74, 6) is 0. The maximum Gasteiger partial charge on any atom is 0.159 e. The zero-order valence-corrected chi connectivity index (χ0v) is 14.2. The standard InChI is InChI=1S/C21H12N2OS/c1-22-14-4-2-3-11-13-9-25-10-17(13)23-16-7-8-24-21(16)12-5-6-15(22)19(18(11)14)20(12)23/h2-10H,1H3. The highest BCUT2D eigenvalue weighted by molar-refractivity contribution is 7.09. The van der Waals surface area contributed by atoms with Gasteiger partial charge in [0.15, 0.2) is 5.58 Å². The summed E-state index contributed by atoms with van der Waals surface area (Å²) in [4.78, 5) is 0. The van der Waals surface area contributed by atoms with E-state index in [9.17, 15) is 0 Å². The zero-order valence-electron chi connectivity index (χ0n) is 13.4. The highest BCUT2D eigenvalue weighted by Crippen LogP contribution is 2.44. The molecule has 0 saturated carbocycles. The molecule has 7 aromatic rings. The molecule has 5 aromatic heterocycles. The van der Waals surface area contributed by atoms with Crippen LogP contribution in [0.3, 0.4) is 0 Å². The van der Waals surface area contributed by atoms with Gasteiger partial charge in [0.25, 0.3) is 0 Å². The number of furan rings is 1. The van der Waals surface area contributed by atoms with Gasteiger partial charge in [0, 0.05) is 50.9 Å². The molecule has 7 rings (SSSR count). The average molecular weight is 340 g/mol. The van der Waals surface area contributed by atoms with Gasteiger partial charge in [0.05, 0.1) is 28.3 Å². The molecule has 0 saturated heterocycles. The maximum atomic E-state index is 5.87. The van der Waals surface area contributed by atoms with Crippen molar-refractivity contribution >= 4 is 71.4 Å². The first-order valence-electron chi connectivity index (χ1n) is 8.33. The predicted octanol–water partition coefficient (Wildman–Crippen LogP) is 6.14. The largest absolute Gasteiger partial charge is 0.462 e. The van der Waals surface area contributed by atoms with Gasteiger partial charge in [-0.05, 0) is 23.6 Å². The van der Waals surface area contributed by atoms with Gasteiger partial charge in [-0.25, -0.2) is 0 Å². The van der Waals surface area contributed by atoms with Crippen molar-refractivity contribution in [1.82, 2.24) is 8.97 Å². The minimum absolute atomic E-state index is 0.977. The highest BCUT2D eigenvalue weighted by atomic mass is 32.1. The SMILES string of the molecule is Cn1c2cccc3c4cscc4n4c5ccoc5c5ccc1c(c32)c54. The van der Waals surface area contributed by atoms with Crippen molar-refractivity contribution < 1.29 is 4.42 Å². The Labute approximate surface area is 145 Å². The van der Waals surface area contributed by atoms with Gasteiger partial charge < -0.3 is 13.4 Å². The molecule has 0 radical (unpaired) electrons. The van der Waals surface area contributed by atoms with Gasteiger partial charge in [-0.2, -0.15) is 0 Å². The van der Waals surface area contributed by atoms with Crippen molar-refractivity contribution in [1.29, 1.82) is 0 Å². The number of aryl methyl sites for hydroxylation is 1. The number of benzene rings is 2. The summed E-state index contributed by atoms with van der Waals surface area (Å²) in [5.41, 5.74) is 7.19. The molecule has 0 amide bonds. The molecule has 0 fully saturated rings. The molecule has 0 aliphatic rings. The molecular weight excluding hydrogens is 328 g/mol. The third-order valence-electron chi connectivity index (χ3n) is 5.70. The molecule has 0 aliphatic carbocycles. The molecule has 0 aliphatic heterocycles. The van der Waals surface area contributed by atoms with Crippen molar-refractivity contribution in [3.05, 3.63) is 53.4 Å². The van der Waals surface area contributed by atoms with Crippen LogP contribution >= 0.6 is 11.3 Å². The first-order chi connectivity index (χ1) is 12.3. The number of rotatable bonds is 0. The number of thiophene rings is 1. The quantitative estimate of drug-likeness (QED) is 0.325. The van der Waals surface area contributed by atoms with Crippen LogP contribution in [0, 0.1) is 0 Å². The Morgan fingerprint density at radius 2 is 1.72 bits per heavy atom. The van der Waals surface area contributed by atoms with Crippen molar-refractivity contribution in [2.24, 2.45) is 7.05 Å². The van der Waals surface area contributed by atoms with Gasteiger partial charge >= 0.3 is 0 Å². The molecule has 25 heavy (non-hydrogen) atoms. The predicted molar refractivity (Wildman–Crippen MR) is 105 cm³/mol. The maximum absolute atomic E-state index is 5.87. The molecule has 0 atom stereocenters. The third-order valence-corrected chi connectivity index (χ3v) is 6.43. The first-order valence-corrected chi connectivity index (χ1v) is 9.27. The topological polar surface area (TPSA) is 22.5 Å². The summed E-state index contributed by atoms with van der Waals surface area (Å²) in [6.45, 7) is 0. The van der Waals surface area contributed by atoms with E-state index in [0.717, 1.165) is 11.1 Å². The Morgan fingerprint density at radius 3 is 2.68 bits per heavy atom. The fourth-order valence-corrected chi connectivity index (χ4v) is 5.49. The third kappa shape index (κ3) is 1.19. The van der Waals surface area contributed by atoms with E-state index >= 15 is 0 Å². The summed E-state index contributed by atoms with van der Waals surface area (Å²) < 4.78 is 10.6. The molecule has 0 N–H and O–H groups in total. The van der Waals surface area contributed by atoms with Crippen LogP contribution in [0.25, 0.3) is 60.1 Å². The lowest BCUT2D eigenvalue weighted by atomic mass is 10.1. The number of hydrogen-bond donors (Lipinski definition) is 0. The second-order valence-electron chi connectivity index (χ2n) is 6.76. The second kappa shape index (κ2) is 3.81. The molecule has 3 nitrogen and oxygen atoms in total. The summed E-state index contributed by atoms with van der Waals surface area (Å²) in [6, 6.07) is 13.2. The van der Waals surface area contributed by atoms with Crippen LogP contribution in [0.4, 0.5) is 0 Å². The van der Waals surface area contributed by atoms with Crippen LogP contribution < -0.4 is 0 Å². The van der Waals surface area contributed by atoms with E-state index < -0.39 is 0 Å². The molecular formula is C21H12N2OS. The normalized spacial score (nSPS) is 13.0. The van der Waals surface area contributed by atoms with E-state index in [2.05, 4.69) is 63.2 Å².